The highest BCUT2D eigenvalue weighted by Gasteiger charge is 2.24. The highest BCUT2D eigenvalue weighted by molar-refractivity contribution is 4.93. The third-order valence-electron chi connectivity index (χ3n) is 3.57. The fourth-order valence-electron chi connectivity index (χ4n) is 2.54. The number of nitrogens with zero attached hydrogens (tertiary/aromatic N) is 3. The first-order chi connectivity index (χ1) is 8.85. The van der Waals surface area contributed by atoms with Crippen molar-refractivity contribution in [2.75, 3.05) is 13.7 Å². The van der Waals surface area contributed by atoms with Crippen LogP contribution in [0.4, 0.5) is 0 Å². The third-order valence-corrected chi connectivity index (χ3v) is 3.57. The van der Waals surface area contributed by atoms with Crippen molar-refractivity contribution in [2.45, 2.75) is 57.7 Å². The summed E-state index contributed by atoms with van der Waals surface area (Å²) < 4.78 is 7.87. The van der Waals surface area contributed by atoms with Crippen LogP contribution >= 0.6 is 0 Å². The summed E-state index contributed by atoms with van der Waals surface area (Å²) in [7, 11) is 2.00. The first-order valence-electron chi connectivity index (χ1n) is 7.00. The summed E-state index contributed by atoms with van der Waals surface area (Å²) in [6, 6.07) is 0.338. The Morgan fingerprint density at radius 3 is 3.11 bits per heavy atom. The molecule has 2 unspecified atom stereocenters. The topological polar surface area (TPSA) is 52.0 Å². The third kappa shape index (κ3) is 3.29. The maximum absolute atomic E-state index is 5.86. The van der Waals surface area contributed by atoms with Gasteiger partial charge < -0.3 is 10.1 Å². The summed E-state index contributed by atoms with van der Waals surface area (Å²) in [6.07, 6.45) is 7.55. The molecule has 0 radical (unpaired) electrons. The van der Waals surface area contributed by atoms with Crippen LogP contribution in [0, 0.1) is 0 Å². The van der Waals surface area contributed by atoms with Crippen LogP contribution in [0.1, 0.15) is 38.4 Å². The second kappa shape index (κ2) is 6.85. The van der Waals surface area contributed by atoms with E-state index in [0.717, 1.165) is 38.2 Å². The zero-order valence-corrected chi connectivity index (χ0v) is 11.4. The molecule has 0 aromatic carbocycles. The molecule has 5 nitrogen and oxygen atoms in total. The van der Waals surface area contributed by atoms with Gasteiger partial charge >= 0.3 is 0 Å². The number of rotatable bonds is 6. The van der Waals surface area contributed by atoms with Gasteiger partial charge in [0.15, 0.2) is 0 Å². The lowest BCUT2D eigenvalue weighted by Gasteiger charge is -2.30. The molecule has 5 heteroatoms. The van der Waals surface area contributed by atoms with Crippen molar-refractivity contribution in [1.29, 1.82) is 0 Å². The van der Waals surface area contributed by atoms with Crippen molar-refractivity contribution in [3.63, 3.8) is 0 Å². The Kier molecular flexibility index (Phi) is 5.13. The van der Waals surface area contributed by atoms with Crippen LogP contribution in [0.5, 0.6) is 0 Å². The molecule has 0 bridgehead atoms. The number of hydrogen-bond acceptors (Lipinski definition) is 4. The number of aryl methyl sites for hydroxylation is 1. The fraction of sp³-hybridized carbons (Fsp3) is 0.846. The summed E-state index contributed by atoms with van der Waals surface area (Å²) in [5.41, 5.74) is 0. The summed E-state index contributed by atoms with van der Waals surface area (Å²) >= 11 is 0. The monoisotopic (exact) mass is 252 g/mol. The second-order valence-corrected chi connectivity index (χ2v) is 4.90. The number of ether oxygens (including phenoxy) is 1. The van der Waals surface area contributed by atoms with Crippen LogP contribution in [-0.4, -0.2) is 40.6 Å². The lowest BCUT2D eigenvalue weighted by Crippen LogP contribution is -2.43. The lowest BCUT2D eigenvalue weighted by atomic mass is 9.99. The molecule has 0 amide bonds. The molecule has 1 saturated heterocycles. The lowest BCUT2D eigenvalue weighted by molar-refractivity contribution is -0.00644. The molecular formula is C13H24N4O. The Hall–Kier alpha value is -0.940. The van der Waals surface area contributed by atoms with Gasteiger partial charge in [0.25, 0.3) is 0 Å². The van der Waals surface area contributed by atoms with E-state index >= 15 is 0 Å². The minimum absolute atomic E-state index is 0.315. The van der Waals surface area contributed by atoms with Crippen LogP contribution in [0.25, 0.3) is 0 Å². The minimum atomic E-state index is 0.315. The molecule has 2 heterocycles. The van der Waals surface area contributed by atoms with Crippen molar-refractivity contribution in [3.8, 4) is 0 Å². The SMILES string of the molecule is CCCn1ncnc1CC(NC)C1CCCCO1. The molecule has 2 rings (SSSR count). The molecule has 102 valence electrons. The van der Waals surface area contributed by atoms with Crippen LogP contribution < -0.4 is 5.32 Å². The van der Waals surface area contributed by atoms with Crippen LogP contribution in [-0.2, 0) is 17.7 Å². The van der Waals surface area contributed by atoms with Crippen molar-refractivity contribution in [1.82, 2.24) is 20.1 Å². The van der Waals surface area contributed by atoms with Gasteiger partial charge in [0, 0.05) is 25.6 Å². The fourth-order valence-corrected chi connectivity index (χ4v) is 2.54. The number of hydrogen-bond donors (Lipinski definition) is 1. The zero-order chi connectivity index (χ0) is 12.8. The molecule has 1 aromatic heterocycles. The summed E-state index contributed by atoms with van der Waals surface area (Å²) in [6.45, 7) is 3.99. The highest BCUT2D eigenvalue weighted by atomic mass is 16.5. The molecule has 1 N–H and O–H groups in total. The molecular weight excluding hydrogens is 228 g/mol. The number of aromatic nitrogens is 3. The van der Waals surface area contributed by atoms with E-state index in [4.69, 9.17) is 4.74 Å². The minimum Gasteiger partial charge on any atom is -0.377 e. The van der Waals surface area contributed by atoms with E-state index in [-0.39, 0.29) is 0 Å². The van der Waals surface area contributed by atoms with Crippen molar-refractivity contribution in [2.24, 2.45) is 0 Å². The second-order valence-electron chi connectivity index (χ2n) is 4.90. The normalized spacial score (nSPS) is 22.0. The Morgan fingerprint density at radius 2 is 2.44 bits per heavy atom. The maximum Gasteiger partial charge on any atom is 0.138 e. The van der Waals surface area contributed by atoms with Crippen molar-refractivity contribution < 1.29 is 4.74 Å². The highest BCUT2D eigenvalue weighted by Crippen LogP contribution is 2.18. The van der Waals surface area contributed by atoms with E-state index < -0.39 is 0 Å². The van der Waals surface area contributed by atoms with Crippen LogP contribution in [0.3, 0.4) is 0 Å². The van der Waals surface area contributed by atoms with Gasteiger partial charge in [0.2, 0.25) is 0 Å². The molecule has 0 saturated carbocycles. The summed E-state index contributed by atoms with van der Waals surface area (Å²) in [5, 5.41) is 7.65. The van der Waals surface area contributed by atoms with E-state index in [1.54, 1.807) is 6.33 Å². The van der Waals surface area contributed by atoms with E-state index in [1.165, 1.54) is 12.8 Å². The van der Waals surface area contributed by atoms with Gasteiger partial charge in [-0.2, -0.15) is 5.10 Å². The van der Waals surface area contributed by atoms with Gasteiger partial charge in [0.1, 0.15) is 12.2 Å². The van der Waals surface area contributed by atoms with Crippen molar-refractivity contribution in [3.05, 3.63) is 12.2 Å². The van der Waals surface area contributed by atoms with E-state index in [9.17, 15) is 0 Å². The predicted octanol–water partition coefficient (Wildman–Crippen LogP) is 1.39. The first kappa shape index (κ1) is 13.5. The Bertz CT molecular complexity index is 347. The van der Waals surface area contributed by atoms with E-state index in [2.05, 4.69) is 22.3 Å². The molecule has 1 aliphatic heterocycles. The summed E-state index contributed by atoms with van der Waals surface area (Å²) in [5.74, 6) is 1.06. The number of likely N-dealkylation sites (N-methyl/N-ethyl adjacent to an activating group) is 1. The molecule has 1 aliphatic rings. The van der Waals surface area contributed by atoms with Gasteiger partial charge in [0.05, 0.1) is 6.10 Å². The summed E-state index contributed by atoms with van der Waals surface area (Å²) in [4.78, 5) is 4.37. The molecule has 18 heavy (non-hydrogen) atoms. The largest absolute Gasteiger partial charge is 0.377 e. The van der Waals surface area contributed by atoms with Crippen LogP contribution in [0.2, 0.25) is 0 Å². The maximum atomic E-state index is 5.86. The molecule has 2 atom stereocenters. The standard InChI is InChI=1S/C13H24N4O/c1-3-7-17-13(15-10-16-17)9-11(14-2)12-6-4-5-8-18-12/h10-12,14H,3-9H2,1-2H3. The molecule has 0 aliphatic carbocycles. The van der Waals surface area contributed by atoms with E-state index in [1.807, 2.05) is 11.7 Å². The molecule has 1 aromatic rings. The smallest absolute Gasteiger partial charge is 0.138 e. The van der Waals surface area contributed by atoms with Crippen LogP contribution in [0.15, 0.2) is 6.33 Å². The van der Waals surface area contributed by atoms with Gasteiger partial charge in [-0.15, -0.1) is 0 Å². The predicted molar refractivity (Wildman–Crippen MR) is 70.5 cm³/mol. The first-order valence-corrected chi connectivity index (χ1v) is 7.00. The molecule has 1 fully saturated rings. The van der Waals surface area contributed by atoms with Crippen molar-refractivity contribution >= 4 is 0 Å². The van der Waals surface area contributed by atoms with Gasteiger partial charge in [-0.25, -0.2) is 4.98 Å². The quantitative estimate of drug-likeness (QED) is 0.831. The molecule has 0 spiro atoms. The Morgan fingerprint density at radius 1 is 1.56 bits per heavy atom. The Balaban J connectivity index is 1.98. The average molecular weight is 252 g/mol. The average Bonchev–Trinajstić information content (AvgIpc) is 2.85. The van der Waals surface area contributed by atoms with Gasteiger partial charge in [-0.05, 0) is 32.7 Å². The van der Waals surface area contributed by atoms with Gasteiger partial charge in [-0.3, -0.25) is 4.68 Å². The number of nitrogens with one attached hydrogen (secondary N) is 1. The van der Waals surface area contributed by atoms with Gasteiger partial charge in [-0.1, -0.05) is 6.92 Å². The van der Waals surface area contributed by atoms with E-state index in [0.29, 0.717) is 12.1 Å². The zero-order valence-electron chi connectivity index (χ0n) is 11.4. The Labute approximate surface area is 109 Å².